The minimum Gasteiger partial charge on any atom is -0.375 e. The molecular weight excluding hydrogens is 322 g/mol. The second kappa shape index (κ2) is 18.5. The highest BCUT2D eigenvalue weighted by atomic mass is 16.2. The Balaban J connectivity index is 3.37. The van der Waals surface area contributed by atoms with Crippen LogP contribution in [-0.4, -0.2) is 57.4 Å². The van der Waals surface area contributed by atoms with Crippen LogP contribution in [-0.2, 0) is 9.59 Å². The molecule has 146 valence electrons. The highest BCUT2D eigenvalue weighted by molar-refractivity contribution is 6.35. The number of unbranched alkanes of at least 4 members (excludes halogenated alkanes) is 4. The van der Waals surface area contributed by atoms with E-state index in [9.17, 15) is 9.59 Å². The summed E-state index contributed by atoms with van der Waals surface area (Å²) in [6.07, 6.45) is 8.16. The van der Waals surface area contributed by atoms with Crippen molar-refractivity contribution in [3.05, 3.63) is 0 Å². The van der Waals surface area contributed by atoms with Crippen LogP contribution in [0.2, 0.25) is 0 Å². The second-order valence-electron chi connectivity index (χ2n) is 5.76. The molecule has 0 fully saturated rings. The molecule has 0 heterocycles. The molecule has 0 saturated carbocycles. The molecule has 0 aliphatic rings. The zero-order chi connectivity index (χ0) is 18.6. The maximum Gasteiger partial charge on any atom is 0.309 e. The van der Waals surface area contributed by atoms with Gasteiger partial charge in [0.2, 0.25) is 0 Å². The molecule has 0 aromatic carbocycles. The van der Waals surface area contributed by atoms with Crippen molar-refractivity contribution in [1.29, 1.82) is 0 Å². The maximum atomic E-state index is 11.6. The Morgan fingerprint density at radius 3 is 1.88 bits per heavy atom. The Morgan fingerprint density at radius 2 is 1.28 bits per heavy atom. The van der Waals surface area contributed by atoms with E-state index in [-0.39, 0.29) is 0 Å². The number of nitrogens with zero attached hydrogens (tertiary/aromatic N) is 1. The Bertz CT molecular complexity index is 364. The molecule has 0 rings (SSSR count). The van der Waals surface area contributed by atoms with E-state index in [1.807, 2.05) is 0 Å². The summed E-state index contributed by atoms with van der Waals surface area (Å²) in [6.45, 7) is 4.39. The summed E-state index contributed by atoms with van der Waals surface area (Å²) < 4.78 is 0. The van der Waals surface area contributed by atoms with Crippen molar-refractivity contribution in [2.45, 2.75) is 44.9 Å². The van der Waals surface area contributed by atoms with Gasteiger partial charge >= 0.3 is 11.8 Å². The van der Waals surface area contributed by atoms with Crippen LogP contribution in [0.4, 0.5) is 0 Å². The van der Waals surface area contributed by atoms with Crippen molar-refractivity contribution in [2.24, 2.45) is 16.7 Å². The predicted octanol–water partition coefficient (Wildman–Crippen LogP) is -1.01. The molecule has 0 aromatic rings. The van der Waals surface area contributed by atoms with Crippen LogP contribution in [0, 0.1) is 0 Å². The quantitative estimate of drug-likeness (QED) is 0.0521. The molecule has 0 unspecified atom stereocenters. The number of amides is 2. The van der Waals surface area contributed by atoms with Gasteiger partial charge in [-0.25, -0.2) is 0 Å². The monoisotopic (exact) mass is 357 g/mol. The fourth-order valence-corrected chi connectivity index (χ4v) is 2.11. The van der Waals surface area contributed by atoms with Crippen LogP contribution in [0.1, 0.15) is 44.9 Å². The summed E-state index contributed by atoms with van der Waals surface area (Å²) in [6, 6.07) is 0. The van der Waals surface area contributed by atoms with E-state index in [4.69, 9.17) is 11.6 Å². The number of carbonyl (C=O) groups is 2. The van der Waals surface area contributed by atoms with Gasteiger partial charge in [-0.3, -0.25) is 9.59 Å². The molecule has 8 N–H and O–H groups in total. The van der Waals surface area contributed by atoms with E-state index >= 15 is 0 Å². The van der Waals surface area contributed by atoms with Crippen molar-refractivity contribution >= 4 is 18.2 Å². The number of nitrogens with two attached hydrogens (primary N) is 2. The molecule has 0 bridgehead atoms. The average Bonchev–Trinajstić information content (AvgIpc) is 2.62. The smallest absolute Gasteiger partial charge is 0.309 e. The first kappa shape index (κ1) is 23.1. The van der Waals surface area contributed by atoms with Crippen molar-refractivity contribution in [3.63, 3.8) is 0 Å². The van der Waals surface area contributed by atoms with E-state index in [0.29, 0.717) is 19.6 Å². The summed E-state index contributed by atoms with van der Waals surface area (Å²) in [7, 11) is 0. The van der Waals surface area contributed by atoms with E-state index < -0.39 is 11.8 Å². The third-order valence-electron chi connectivity index (χ3n) is 3.53. The number of hydrazone groups is 1. The van der Waals surface area contributed by atoms with Crippen LogP contribution in [0.5, 0.6) is 0 Å². The lowest BCUT2D eigenvalue weighted by atomic mass is 10.2. The van der Waals surface area contributed by atoms with Gasteiger partial charge in [0.05, 0.1) is 0 Å². The first-order valence-corrected chi connectivity index (χ1v) is 9.14. The van der Waals surface area contributed by atoms with Gasteiger partial charge in [-0.2, -0.15) is 5.10 Å². The lowest BCUT2D eigenvalue weighted by Crippen LogP contribution is -2.40. The minimum absolute atomic E-state index is 0.518. The summed E-state index contributed by atoms with van der Waals surface area (Å²) in [5.41, 5.74) is 5.40. The second-order valence-corrected chi connectivity index (χ2v) is 5.76. The van der Waals surface area contributed by atoms with Crippen LogP contribution < -0.4 is 32.8 Å². The first-order valence-electron chi connectivity index (χ1n) is 9.14. The minimum atomic E-state index is -0.554. The Morgan fingerprint density at radius 1 is 0.760 bits per heavy atom. The summed E-state index contributed by atoms with van der Waals surface area (Å²) in [5, 5.41) is 14.8. The van der Waals surface area contributed by atoms with Crippen molar-refractivity contribution in [2.75, 3.05) is 39.3 Å². The highest BCUT2D eigenvalue weighted by Gasteiger charge is 2.11. The Kier molecular flexibility index (Phi) is 17.1. The van der Waals surface area contributed by atoms with E-state index in [2.05, 4.69) is 26.4 Å². The number of carbonyl (C=O) groups excluding carboxylic acids is 2. The number of hydrogen-bond donors (Lipinski definition) is 6. The standard InChI is InChI=1S/C16H35N7O2/c17-8-7-11-19-9-5-6-13-22-16(25)15(24)21-12-4-2-1-3-10-20-14-23-18/h14,19H,1-13,17-18H2,(H,20,23)(H,21,24)(H,22,25). The molecular formula is C16H35N7O2. The third kappa shape index (κ3) is 16.8. The Hall–Kier alpha value is -1.87. The van der Waals surface area contributed by atoms with E-state index in [0.717, 1.165) is 64.6 Å². The molecule has 9 heteroatoms. The van der Waals surface area contributed by atoms with Crippen molar-refractivity contribution < 1.29 is 9.59 Å². The lowest BCUT2D eigenvalue weighted by Gasteiger charge is -2.07. The van der Waals surface area contributed by atoms with Gasteiger partial charge in [0.15, 0.2) is 0 Å². The molecule has 0 radical (unpaired) electrons. The van der Waals surface area contributed by atoms with Gasteiger partial charge in [0.1, 0.15) is 6.34 Å². The molecule has 2 amide bonds. The molecule has 0 aliphatic carbocycles. The van der Waals surface area contributed by atoms with Crippen molar-refractivity contribution in [3.8, 4) is 0 Å². The summed E-state index contributed by atoms with van der Waals surface area (Å²) in [4.78, 5) is 23.2. The zero-order valence-corrected chi connectivity index (χ0v) is 15.2. The topological polar surface area (TPSA) is 147 Å². The third-order valence-corrected chi connectivity index (χ3v) is 3.53. The number of nitrogens with one attached hydrogen (secondary N) is 4. The zero-order valence-electron chi connectivity index (χ0n) is 15.2. The van der Waals surface area contributed by atoms with Crippen LogP contribution in [0.15, 0.2) is 5.10 Å². The molecule has 0 spiro atoms. The first-order chi connectivity index (χ1) is 12.2. The molecule has 0 aromatic heterocycles. The average molecular weight is 358 g/mol. The lowest BCUT2D eigenvalue weighted by molar-refractivity contribution is -0.139. The van der Waals surface area contributed by atoms with Gasteiger partial charge in [-0.05, 0) is 51.7 Å². The Labute approximate surface area is 150 Å². The van der Waals surface area contributed by atoms with Crippen LogP contribution in [0.3, 0.4) is 0 Å². The fourth-order valence-electron chi connectivity index (χ4n) is 2.11. The number of rotatable bonds is 16. The van der Waals surface area contributed by atoms with Gasteiger partial charge in [-0.15, -0.1) is 0 Å². The van der Waals surface area contributed by atoms with Gasteiger partial charge < -0.3 is 32.8 Å². The van der Waals surface area contributed by atoms with Gasteiger partial charge in [0, 0.05) is 19.6 Å². The van der Waals surface area contributed by atoms with Gasteiger partial charge in [-0.1, -0.05) is 12.8 Å². The predicted molar refractivity (Wildman–Crippen MR) is 101 cm³/mol. The largest absolute Gasteiger partial charge is 0.375 e. The highest BCUT2D eigenvalue weighted by Crippen LogP contribution is 1.97. The summed E-state index contributed by atoms with van der Waals surface area (Å²) in [5.74, 6) is 3.85. The maximum absolute atomic E-state index is 11.6. The van der Waals surface area contributed by atoms with E-state index in [1.165, 1.54) is 6.34 Å². The molecule has 0 saturated heterocycles. The molecule has 9 nitrogen and oxygen atoms in total. The summed E-state index contributed by atoms with van der Waals surface area (Å²) >= 11 is 0. The normalized spacial score (nSPS) is 10.8. The molecule has 0 atom stereocenters. The molecule has 25 heavy (non-hydrogen) atoms. The molecule has 0 aliphatic heterocycles. The van der Waals surface area contributed by atoms with Crippen LogP contribution >= 0.6 is 0 Å². The SMILES string of the molecule is NCCCNCCCCNC(=O)C(=O)NCCCCCCNC=NN. The van der Waals surface area contributed by atoms with Crippen LogP contribution in [0.25, 0.3) is 0 Å². The van der Waals surface area contributed by atoms with Gasteiger partial charge in [0.25, 0.3) is 0 Å². The fraction of sp³-hybridized carbons (Fsp3) is 0.812. The van der Waals surface area contributed by atoms with Crippen molar-refractivity contribution in [1.82, 2.24) is 21.3 Å². The van der Waals surface area contributed by atoms with E-state index in [1.54, 1.807) is 0 Å². The number of hydrogen-bond acceptors (Lipinski definition) is 6.